The minimum absolute atomic E-state index is 0.127. The number of allylic oxidation sites excluding steroid dienone is 2. The topological polar surface area (TPSA) is 182 Å². The maximum atomic E-state index is 11.1. The summed E-state index contributed by atoms with van der Waals surface area (Å²) in [6.45, 7) is 2.98. The van der Waals surface area contributed by atoms with E-state index in [0.29, 0.717) is 25.1 Å². The second-order valence-corrected chi connectivity index (χ2v) is 12.2. The van der Waals surface area contributed by atoms with E-state index in [0.717, 1.165) is 49.2 Å². The third-order valence-electron chi connectivity index (χ3n) is 7.00. The predicted octanol–water partition coefficient (Wildman–Crippen LogP) is 4.53. The third kappa shape index (κ3) is 12.1. The van der Waals surface area contributed by atoms with Crippen molar-refractivity contribution < 1.29 is 33.5 Å². The summed E-state index contributed by atoms with van der Waals surface area (Å²) in [5.74, 6) is 0.700. The van der Waals surface area contributed by atoms with Crippen molar-refractivity contribution in [3.8, 4) is 5.75 Å². The van der Waals surface area contributed by atoms with Crippen molar-refractivity contribution in [3.63, 3.8) is 0 Å². The van der Waals surface area contributed by atoms with E-state index in [9.17, 15) is 14.7 Å². The van der Waals surface area contributed by atoms with Gasteiger partial charge in [-0.05, 0) is 66.4 Å². The van der Waals surface area contributed by atoms with Crippen LogP contribution >= 0.6 is 7.82 Å². The molecule has 0 amide bonds. The van der Waals surface area contributed by atoms with Crippen LogP contribution in [0.2, 0.25) is 0 Å². The number of nitrogens with two attached hydrogens (primary N) is 1. The summed E-state index contributed by atoms with van der Waals surface area (Å²) in [5.41, 5.74) is 10.3. The third-order valence-corrected chi connectivity index (χ3v) is 7.47. The molecule has 0 aromatic heterocycles. The Morgan fingerprint density at radius 3 is 2.36 bits per heavy atom. The monoisotopic (exact) mass is 609 g/mol. The Bertz CT molecular complexity index is 1150. The van der Waals surface area contributed by atoms with Crippen molar-refractivity contribution in [2.45, 2.75) is 83.1 Å². The Kier molecular flexibility index (Phi) is 13.3. The molecule has 6 N–H and O–H groups in total. The number of phosphoric acid groups is 1. The molecular formula is C28H44N5O8P. The van der Waals surface area contributed by atoms with E-state index in [1.54, 1.807) is 19.2 Å². The molecule has 2 heterocycles. The lowest BCUT2D eigenvalue weighted by Crippen LogP contribution is -2.41. The highest BCUT2D eigenvalue weighted by molar-refractivity contribution is 7.46. The van der Waals surface area contributed by atoms with Gasteiger partial charge in [0.15, 0.2) is 0 Å². The first-order chi connectivity index (χ1) is 20.0. The Hall–Kier alpha value is -2.93. The van der Waals surface area contributed by atoms with Crippen molar-refractivity contribution in [2.75, 3.05) is 19.8 Å². The zero-order valence-corrected chi connectivity index (χ0v) is 25.1. The van der Waals surface area contributed by atoms with Crippen molar-refractivity contribution in [1.29, 1.82) is 0 Å². The standard InChI is InChI=1S/C28H44N5O8P/c1-28(29,22-40-42(36,37)38)18-17-23-11-13-24(14-12-23)39-20-10-8-6-4-2-3-5-7-9-19-30-25-15-16-27(33(34)35)32-26(25)21-31-41-32/h11-16,21,30-31H,2-10,17-20,22,29H2,1H3,(H2,36,37,38)/t28-/m1/s1. The molecule has 2 aliphatic heterocycles. The van der Waals surface area contributed by atoms with E-state index < -0.39 is 18.3 Å². The lowest BCUT2D eigenvalue weighted by Gasteiger charge is -2.24. The number of hydroxylamine groups is 3. The first-order valence-corrected chi connectivity index (χ1v) is 16.0. The van der Waals surface area contributed by atoms with Gasteiger partial charge in [-0.15, -0.1) is 0 Å². The van der Waals surface area contributed by atoms with Crippen LogP contribution in [0.5, 0.6) is 5.75 Å². The van der Waals surface area contributed by atoms with E-state index in [4.69, 9.17) is 25.2 Å². The second kappa shape index (κ2) is 16.6. The number of hydrogen-bond acceptors (Lipinski definition) is 10. The molecule has 1 aromatic rings. The van der Waals surface area contributed by atoms with Gasteiger partial charge < -0.3 is 35.7 Å². The second-order valence-electron chi connectivity index (χ2n) is 10.9. The molecule has 42 heavy (non-hydrogen) atoms. The van der Waals surface area contributed by atoms with E-state index in [-0.39, 0.29) is 12.4 Å². The van der Waals surface area contributed by atoms with Crippen molar-refractivity contribution in [1.82, 2.24) is 15.9 Å². The van der Waals surface area contributed by atoms with Crippen LogP contribution in [0.3, 0.4) is 0 Å². The van der Waals surface area contributed by atoms with Gasteiger partial charge in [0.2, 0.25) is 5.70 Å². The molecule has 14 heteroatoms. The highest BCUT2D eigenvalue weighted by atomic mass is 31.2. The lowest BCUT2D eigenvalue weighted by atomic mass is 9.95. The van der Waals surface area contributed by atoms with Crippen molar-refractivity contribution >= 4 is 7.82 Å². The van der Waals surface area contributed by atoms with E-state index in [2.05, 4.69) is 15.3 Å². The number of aryl methyl sites for hydroxylation is 1. The van der Waals surface area contributed by atoms with Crippen molar-refractivity contribution in [3.05, 3.63) is 75.5 Å². The molecule has 1 atom stereocenters. The number of nitro groups is 1. The summed E-state index contributed by atoms with van der Waals surface area (Å²) in [6, 6.07) is 7.84. The number of unbranched alkanes of at least 4 members (excludes halogenated alkanes) is 8. The van der Waals surface area contributed by atoms with Gasteiger partial charge in [0.25, 0.3) is 0 Å². The fourth-order valence-corrected chi connectivity index (χ4v) is 5.02. The number of nitrogens with one attached hydrogen (secondary N) is 2. The molecule has 0 aliphatic carbocycles. The van der Waals surface area contributed by atoms with Gasteiger partial charge in [-0.1, -0.05) is 62.0 Å². The molecule has 3 rings (SSSR count). The average molecular weight is 610 g/mol. The van der Waals surface area contributed by atoms with Crippen LogP contribution < -0.4 is 21.3 Å². The minimum atomic E-state index is -4.52. The van der Waals surface area contributed by atoms with Gasteiger partial charge in [0, 0.05) is 18.2 Å². The number of rotatable bonds is 21. The summed E-state index contributed by atoms with van der Waals surface area (Å²) in [4.78, 5) is 33.4. The van der Waals surface area contributed by atoms with Gasteiger partial charge in [-0.2, -0.15) is 0 Å². The average Bonchev–Trinajstić information content (AvgIpc) is 3.44. The van der Waals surface area contributed by atoms with Crippen LogP contribution in [0.4, 0.5) is 0 Å². The van der Waals surface area contributed by atoms with Gasteiger partial charge in [0.05, 0.1) is 25.1 Å². The van der Waals surface area contributed by atoms with Gasteiger partial charge in [-0.3, -0.25) is 4.52 Å². The maximum Gasteiger partial charge on any atom is 0.469 e. The Morgan fingerprint density at radius 1 is 1.07 bits per heavy atom. The molecule has 234 valence electrons. The summed E-state index contributed by atoms with van der Waals surface area (Å²) in [5, 5.41) is 15.6. The van der Waals surface area contributed by atoms with Gasteiger partial charge >= 0.3 is 13.6 Å². The number of benzene rings is 1. The van der Waals surface area contributed by atoms with Crippen LogP contribution in [0, 0.1) is 10.1 Å². The molecule has 2 aliphatic rings. The molecule has 0 bridgehead atoms. The molecule has 0 saturated carbocycles. The smallest absolute Gasteiger partial charge is 0.469 e. The van der Waals surface area contributed by atoms with E-state index in [1.807, 2.05) is 24.3 Å². The first-order valence-electron chi connectivity index (χ1n) is 14.5. The lowest BCUT2D eigenvalue weighted by molar-refractivity contribution is -0.465. The van der Waals surface area contributed by atoms with Gasteiger partial charge in [-0.25, -0.2) is 10.0 Å². The van der Waals surface area contributed by atoms with E-state index >= 15 is 0 Å². The molecule has 0 fully saturated rings. The quantitative estimate of drug-likeness (QED) is 0.0569. The molecule has 1 aromatic carbocycles. The number of hydrogen-bond donors (Lipinski definition) is 5. The first kappa shape index (κ1) is 33.6. The number of nitrogens with zero attached hydrogens (tertiary/aromatic N) is 2. The van der Waals surface area contributed by atoms with Crippen LogP contribution in [-0.4, -0.2) is 45.1 Å². The zero-order valence-electron chi connectivity index (χ0n) is 24.2. The van der Waals surface area contributed by atoms with Crippen LogP contribution in [0.25, 0.3) is 0 Å². The van der Waals surface area contributed by atoms with Crippen LogP contribution in [0.1, 0.15) is 76.7 Å². The van der Waals surface area contributed by atoms with Crippen molar-refractivity contribution in [2.24, 2.45) is 5.73 Å². The summed E-state index contributed by atoms with van der Waals surface area (Å²) in [6.07, 6.45) is 16.3. The summed E-state index contributed by atoms with van der Waals surface area (Å²) < 4.78 is 21.3. The maximum absolute atomic E-state index is 11.1. The zero-order chi connectivity index (χ0) is 30.4. The SMILES string of the molecule is C[C@@](N)(CCc1ccc(OCCCCCCCCCCCNC2=CC=C([N+](=O)[O-])N3ONC=C23)cc1)COP(=O)(O)O. The Labute approximate surface area is 247 Å². The minimum Gasteiger partial charge on any atom is -0.494 e. The highest BCUT2D eigenvalue weighted by Crippen LogP contribution is 2.37. The van der Waals surface area contributed by atoms with Crippen LogP contribution in [0.15, 0.2) is 59.8 Å². The fraction of sp³-hybridized carbons (Fsp3) is 0.571. The molecule has 13 nitrogen and oxygen atoms in total. The van der Waals surface area contributed by atoms with Gasteiger partial charge in [0.1, 0.15) is 5.75 Å². The van der Waals surface area contributed by atoms with E-state index in [1.165, 1.54) is 43.2 Å². The molecular weight excluding hydrogens is 565 g/mol. The number of fused-ring (bicyclic) bond motifs is 1. The number of phosphoric ester groups is 1. The highest BCUT2D eigenvalue weighted by Gasteiger charge is 2.37. The normalized spacial score (nSPS) is 16.1. The Morgan fingerprint density at radius 2 is 1.71 bits per heavy atom. The van der Waals surface area contributed by atoms with Crippen LogP contribution in [-0.2, 0) is 20.4 Å². The predicted molar refractivity (Wildman–Crippen MR) is 158 cm³/mol. The molecule has 0 unspecified atom stereocenters. The summed E-state index contributed by atoms with van der Waals surface area (Å²) >= 11 is 0. The fourth-order valence-electron chi connectivity index (χ4n) is 4.56. The summed E-state index contributed by atoms with van der Waals surface area (Å²) in [7, 11) is -4.52. The Balaban J connectivity index is 1.14. The molecule has 0 radical (unpaired) electrons. The number of ether oxygens (including phenoxy) is 1. The molecule has 0 spiro atoms. The molecule has 0 saturated heterocycles. The largest absolute Gasteiger partial charge is 0.494 e.